The van der Waals surface area contributed by atoms with Crippen molar-refractivity contribution < 1.29 is 14.0 Å². The summed E-state index contributed by atoms with van der Waals surface area (Å²) in [6.07, 6.45) is 0. The Bertz CT molecular complexity index is 860. The molecule has 1 aliphatic heterocycles. The molecule has 1 saturated heterocycles. The molecule has 0 saturated carbocycles. The summed E-state index contributed by atoms with van der Waals surface area (Å²) in [7, 11) is 0. The Kier molecular flexibility index (Phi) is 6.18. The first-order chi connectivity index (χ1) is 13.4. The van der Waals surface area contributed by atoms with Gasteiger partial charge in [-0.1, -0.05) is 23.7 Å². The second-order valence-electron chi connectivity index (χ2n) is 6.65. The minimum Gasteiger partial charge on any atom is -0.338 e. The Balaban J connectivity index is 1.70. The molecule has 3 amide bonds. The minimum atomic E-state index is -0.311. The lowest BCUT2D eigenvalue weighted by Gasteiger charge is -2.34. The summed E-state index contributed by atoms with van der Waals surface area (Å²) < 4.78 is 14.6. The molecule has 1 fully saturated rings. The number of benzene rings is 1. The maximum Gasteiger partial charge on any atom is 0.317 e. The van der Waals surface area contributed by atoms with Gasteiger partial charge in [-0.2, -0.15) is 5.10 Å². The first-order valence-electron chi connectivity index (χ1n) is 9.20. The quantitative estimate of drug-likeness (QED) is 0.846. The number of carbonyl (C=O) groups excluding carboxylic acids is 2. The third-order valence-corrected chi connectivity index (χ3v) is 5.09. The van der Waals surface area contributed by atoms with E-state index in [1.807, 2.05) is 6.92 Å². The number of nitrogens with one attached hydrogen (secondary N) is 1. The van der Waals surface area contributed by atoms with E-state index in [0.717, 1.165) is 5.56 Å². The van der Waals surface area contributed by atoms with Gasteiger partial charge in [0.05, 0.1) is 17.8 Å². The van der Waals surface area contributed by atoms with E-state index in [9.17, 15) is 14.0 Å². The molecule has 1 aliphatic rings. The molecule has 0 radical (unpaired) electrons. The van der Waals surface area contributed by atoms with Gasteiger partial charge in [-0.15, -0.1) is 0 Å². The zero-order valence-corrected chi connectivity index (χ0v) is 16.7. The average molecular weight is 408 g/mol. The number of hydrogen-bond donors (Lipinski definition) is 1. The van der Waals surface area contributed by atoms with E-state index in [1.54, 1.807) is 33.5 Å². The van der Waals surface area contributed by atoms with Gasteiger partial charge in [0.25, 0.3) is 5.91 Å². The molecule has 2 aromatic rings. The number of hydrogen-bond acceptors (Lipinski definition) is 3. The normalized spacial score (nSPS) is 14.3. The second-order valence-corrected chi connectivity index (χ2v) is 7.01. The van der Waals surface area contributed by atoms with Gasteiger partial charge in [-0.05, 0) is 31.5 Å². The molecule has 3 rings (SSSR count). The molecule has 2 heterocycles. The Morgan fingerprint density at radius 3 is 2.36 bits per heavy atom. The third kappa shape index (κ3) is 4.27. The number of urea groups is 1. The number of nitrogens with zero attached hydrogens (tertiary/aromatic N) is 4. The third-order valence-electron chi connectivity index (χ3n) is 4.71. The molecule has 0 bridgehead atoms. The van der Waals surface area contributed by atoms with Crippen LogP contribution >= 0.6 is 11.6 Å². The van der Waals surface area contributed by atoms with E-state index in [4.69, 9.17) is 11.6 Å². The minimum absolute atomic E-state index is 0.115. The lowest BCUT2D eigenvalue weighted by Crippen LogP contribution is -2.53. The topological polar surface area (TPSA) is 70.5 Å². The Hall–Kier alpha value is -2.61. The van der Waals surface area contributed by atoms with E-state index in [0.29, 0.717) is 50.5 Å². The highest BCUT2D eigenvalue weighted by atomic mass is 35.5. The smallest absolute Gasteiger partial charge is 0.317 e. The number of aromatic nitrogens is 2. The lowest BCUT2D eigenvalue weighted by atomic mass is 10.2. The summed E-state index contributed by atoms with van der Waals surface area (Å²) in [4.78, 5) is 28.3. The first kappa shape index (κ1) is 20.1. The van der Waals surface area contributed by atoms with Crippen molar-refractivity contribution in [2.24, 2.45) is 0 Å². The Morgan fingerprint density at radius 1 is 1.14 bits per heavy atom. The van der Waals surface area contributed by atoms with Gasteiger partial charge >= 0.3 is 6.03 Å². The Labute approximate surface area is 168 Å². The first-order valence-corrected chi connectivity index (χ1v) is 9.58. The number of amides is 3. The van der Waals surface area contributed by atoms with Crippen LogP contribution in [0.1, 0.15) is 28.5 Å². The monoisotopic (exact) mass is 407 g/mol. The fraction of sp³-hybridized carbons (Fsp3) is 0.421. The fourth-order valence-electron chi connectivity index (χ4n) is 3.20. The number of halogens is 2. The predicted octanol–water partition coefficient (Wildman–Crippen LogP) is 2.52. The van der Waals surface area contributed by atoms with E-state index in [1.165, 1.54) is 12.1 Å². The maximum absolute atomic E-state index is 13.1. The average Bonchev–Trinajstić information content (AvgIpc) is 2.96. The molecule has 1 N–H and O–H groups in total. The van der Waals surface area contributed by atoms with Gasteiger partial charge in [0.2, 0.25) is 0 Å². The highest BCUT2D eigenvalue weighted by Gasteiger charge is 2.29. The summed E-state index contributed by atoms with van der Waals surface area (Å²) in [5, 5.41) is 7.41. The van der Waals surface area contributed by atoms with Crippen LogP contribution in [-0.4, -0.2) is 64.2 Å². The molecule has 1 aromatic heterocycles. The standard InChI is InChI=1S/C19H23ClFN5O2/c1-3-22-19(28)25-10-8-24(9-11-25)18(27)16-13(2)23-26(17(16)20)12-14-4-6-15(21)7-5-14/h4-7H,3,8-12H2,1-2H3,(H,22,28). The fourth-order valence-corrected chi connectivity index (χ4v) is 3.51. The van der Waals surface area contributed by atoms with Gasteiger partial charge in [0, 0.05) is 32.7 Å². The van der Waals surface area contributed by atoms with E-state index >= 15 is 0 Å². The van der Waals surface area contributed by atoms with Crippen LogP contribution in [0.2, 0.25) is 5.15 Å². The van der Waals surface area contributed by atoms with Gasteiger partial charge in [0.15, 0.2) is 0 Å². The zero-order chi connectivity index (χ0) is 20.3. The zero-order valence-electron chi connectivity index (χ0n) is 15.9. The van der Waals surface area contributed by atoms with Crippen LogP contribution in [0.3, 0.4) is 0 Å². The lowest BCUT2D eigenvalue weighted by molar-refractivity contribution is 0.0664. The van der Waals surface area contributed by atoms with Crippen LogP contribution in [0.5, 0.6) is 0 Å². The molecule has 0 spiro atoms. The van der Waals surface area contributed by atoms with Gasteiger partial charge in [-0.3, -0.25) is 4.79 Å². The molecule has 28 heavy (non-hydrogen) atoms. The van der Waals surface area contributed by atoms with Crippen molar-refractivity contribution >= 4 is 23.5 Å². The summed E-state index contributed by atoms with van der Waals surface area (Å²) in [6, 6.07) is 5.95. The SMILES string of the molecule is CCNC(=O)N1CCN(C(=O)c2c(C)nn(Cc3ccc(F)cc3)c2Cl)CC1. The molecule has 7 nitrogen and oxygen atoms in total. The van der Waals surface area contributed by atoms with Crippen LogP contribution in [-0.2, 0) is 6.54 Å². The molecule has 150 valence electrons. The van der Waals surface area contributed by atoms with Gasteiger partial charge in [-0.25, -0.2) is 13.9 Å². The van der Waals surface area contributed by atoms with Crippen molar-refractivity contribution in [2.75, 3.05) is 32.7 Å². The van der Waals surface area contributed by atoms with Crippen LogP contribution in [0.15, 0.2) is 24.3 Å². The second kappa shape index (κ2) is 8.60. The molecule has 9 heteroatoms. The van der Waals surface area contributed by atoms with Crippen molar-refractivity contribution in [1.82, 2.24) is 24.9 Å². The molecule has 1 aromatic carbocycles. The van der Waals surface area contributed by atoms with Crippen molar-refractivity contribution in [3.8, 4) is 0 Å². The van der Waals surface area contributed by atoms with Crippen molar-refractivity contribution in [3.63, 3.8) is 0 Å². The van der Waals surface area contributed by atoms with Crippen LogP contribution < -0.4 is 5.32 Å². The van der Waals surface area contributed by atoms with Crippen LogP contribution in [0, 0.1) is 12.7 Å². The number of aryl methyl sites for hydroxylation is 1. The molecule has 0 atom stereocenters. The van der Waals surface area contributed by atoms with Gasteiger partial charge < -0.3 is 15.1 Å². The summed E-state index contributed by atoms with van der Waals surface area (Å²) in [5.41, 5.74) is 1.75. The predicted molar refractivity (Wildman–Crippen MR) is 104 cm³/mol. The summed E-state index contributed by atoms with van der Waals surface area (Å²) >= 11 is 6.45. The summed E-state index contributed by atoms with van der Waals surface area (Å²) in [5.74, 6) is -0.502. The number of carbonyl (C=O) groups is 2. The number of rotatable bonds is 4. The van der Waals surface area contributed by atoms with E-state index in [2.05, 4.69) is 10.4 Å². The highest BCUT2D eigenvalue weighted by molar-refractivity contribution is 6.33. The van der Waals surface area contributed by atoms with Crippen LogP contribution in [0.25, 0.3) is 0 Å². The van der Waals surface area contributed by atoms with Crippen molar-refractivity contribution in [3.05, 3.63) is 52.1 Å². The molecular formula is C19H23ClFN5O2. The molecule has 0 unspecified atom stereocenters. The maximum atomic E-state index is 13.1. The van der Waals surface area contributed by atoms with Crippen LogP contribution in [0.4, 0.5) is 9.18 Å². The Morgan fingerprint density at radius 2 is 1.75 bits per heavy atom. The van der Waals surface area contributed by atoms with Crippen molar-refractivity contribution in [2.45, 2.75) is 20.4 Å². The van der Waals surface area contributed by atoms with Crippen molar-refractivity contribution in [1.29, 1.82) is 0 Å². The highest BCUT2D eigenvalue weighted by Crippen LogP contribution is 2.23. The van der Waals surface area contributed by atoms with E-state index in [-0.39, 0.29) is 22.9 Å². The van der Waals surface area contributed by atoms with Gasteiger partial charge in [0.1, 0.15) is 11.0 Å². The molecular weight excluding hydrogens is 385 g/mol. The molecule has 0 aliphatic carbocycles. The largest absolute Gasteiger partial charge is 0.338 e. The van der Waals surface area contributed by atoms with E-state index < -0.39 is 0 Å². The summed E-state index contributed by atoms with van der Waals surface area (Å²) in [6.45, 7) is 6.34. The number of piperazine rings is 1.